The molecule has 0 aliphatic rings. The molecule has 1 aromatic carbocycles. The molecule has 3 aromatic rings. The molecular weight excluding hydrogens is 361 g/mol. The van der Waals surface area contributed by atoms with Crippen molar-refractivity contribution in [1.82, 2.24) is 19.7 Å². The molecule has 0 spiro atoms. The number of likely N-dealkylation sites (N-methyl/N-ethyl adjacent to an activating group) is 1. The first-order valence-electron chi connectivity index (χ1n) is 8.92. The Morgan fingerprint density at radius 1 is 1.25 bits per heavy atom. The highest BCUT2D eigenvalue weighted by Crippen LogP contribution is 2.20. The van der Waals surface area contributed by atoms with Crippen molar-refractivity contribution in [1.29, 1.82) is 0 Å². The van der Waals surface area contributed by atoms with E-state index < -0.39 is 0 Å². The lowest BCUT2D eigenvalue weighted by molar-refractivity contribution is -0.116. The number of pyridine rings is 1. The van der Waals surface area contributed by atoms with Crippen LogP contribution in [0.15, 0.2) is 36.5 Å². The van der Waals surface area contributed by atoms with Gasteiger partial charge >= 0.3 is 0 Å². The first kappa shape index (κ1) is 19.5. The second-order valence-corrected chi connectivity index (χ2v) is 6.93. The van der Waals surface area contributed by atoms with Gasteiger partial charge in [0.2, 0.25) is 5.91 Å². The smallest absolute Gasteiger partial charge is 0.255 e. The predicted octanol–water partition coefficient (Wildman–Crippen LogP) is 3.17. The summed E-state index contributed by atoms with van der Waals surface area (Å²) in [5.74, 6) is -1.07. The molecule has 2 amide bonds. The van der Waals surface area contributed by atoms with Crippen LogP contribution in [0.25, 0.3) is 11.0 Å². The topological polar surface area (TPSA) is 80.1 Å². The first-order chi connectivity index (χ1) is 13.3. The molecule has 3 rings (SSSR count). The highest BCUT2D eigenvalue weighted by Gasteiger charge is 2.20. The van der Waals surface area contributed by atoms with Gasteiger partial charge in [0.1, 0.15) is 5.82 Å². The van der Waals surface area contributed by atoms with Gasteiger partial charge < -0.3 is 10.2 Å². The zero-order valence-electron chi connectivity index (χ0n) is 16.2. The summed E-state index contributed by atoms with van der Waals surface area (Å²) in [4.78, 5) is 30.9. The number of halogens is 1. The number of benzene rings is 1. The SMILES string of the molecule is Cc1nc2c(cnn2C(C)C)cc1C(=O)N(C)CC(=O)Nc1ccc(F)cc1. The van der Waals surface area contributed by atoms with Gasteiger partial charge in [-0.2, -0.15) is 5.10 Å². The maximum absolute atomic E-state index is 12.9. The maximum atomic E-state index is 12.9. The number of amides is 2. The van der Waals surface area contributed by atoms with Gasteiger partial charge in [0, 0.05) is 24.2 Å². The maximum Gasteiger partial charge on any atom is 0.255 e. The first-order valence-corrected chi connectivity index (χ1v) is 8.92. The molecule has 146 valence electrons. The number of aryl methyl sites for hydroxylation is 1. The molecule has 28 heavy (non-hydrogen) atoms. The van der Waals surface area contributed by atoms with Crippen molar-refractivity contribution in [3.8, 4) is 0 Å². The van der Waals surface area contributed by atoms with Crippen LogP contribution in [0.2, 0.25) is 0 Å². The van der Waals surface area contributed by atoms with Crippen LogP contribution in [-0.4, -0.2) is 45.1 Å². The third-order valence-electron chi connectivity index (χ3n) is 4.33. The highest BCUT2D eigenvalue weighted by atomic mass is 19.1. The summed E-state index contributed by atoms with van der Waals surface area (Å²) in [6.07, 6.45) is 1.68. The van der Waals surface area contributed by atoms with Crippen molar-refractivity contribution < 1.29 is 14.0 Å². The Balaban J connectivity index is 1.74. The number of hydrogen-bond donors (Lipinski definition) is 1. The summed E-state index contributed by atoms with van der Waals surface area (Å²) in [6.45, 7) is 5.64. The second-order valence-electron chi connectivity index (χ2n) is 6.93. The summed E-state index contributed by atoms with van der Waals surface area (Å²) in [7, 11) is 1.55. The lowest BCUT2D eigenvalue weighted by Crippen LogP contribution is -2.35. The second kappa shape index (κ2) is 7.75. The Kier molecular flexibility index (Phi) is 5.39. The summed E-state index contributed by atoms with van der Waals surface area (Å²) in [5, 5.41) is 7.73. The minimum absolute atomic E-state index is 0.140. The number of anilines is 1. The summed E-state index contributed by atoms with van der Waals surface area (Å²) in [6, 6.07) is 7.34. The number of rotatable bonds is 5. The molecule has 0 radical (unpaired) electrons. The Morgan fingerprint density at radius 2 is 1.93 bits per heavy atom. The summed E-state index contributed by atoms with van der Waals surface area (Å²) < 4.78 is 14.7. The minimum Gasteiger partial charge on any atom is -0.332 e. The third kappa shape index (κ3) is 4.00. The fraction of sp³-hybridized carbons (Fsp3) is 0.300. The van der Waals surface area contributed by atoms with Crippen LogP contribution in [-0.2, 0) is 4.79 Å². The summed E-state index contributed by atoms with van der Waals surface area (Å²) in [5.41, 5.74) is 2.19. The van der Waals surface area contributed by atoms with E-state index in [1.807, 2.05) is 13.8 Å². The van der Waals surface area contributed by atoms with E-state index in [9.17, 15) is 14.0 Å². The average Bonchev–Trinajstić information content (AvgIpc) is 3.05. The molecule has 0 aliphatic heterocycles. The van der Waals surface area contributed by atoms with Crippen molar-refractivity contribution in [3.05, 3.63) is 53.6 Å². The van der Waals surface area contributed by atoms with E-state index in [0.717, 1.165) is 11.0 Å². The molecule has 0 fully saturated rings. The van der Waals surface area contributed by atoms with E-state index in [1.165, 1.54) is 29.2 Å². The lowest BCUT2D eigenvalue weighted by Gasteiger charge is -2.18. The number of carbonyl (C=O) groups is 2. The quantitative estimate of drug-likeness (QED) is 0.734. The molecule has 0 bridgehead atoms. The fourth-order valence-electron chi connectivity index (χ4n) is 2.89. The van der Waals surface area contributed by atoms with Gasteiger partial charge in [0.15, 0.2) is 5.65 Å². The van der Waals surface area contributed by atoms with Crippen LogP contribution in [0.4, 0.5) is 10.1 Å². The van der Waals surface area contributed by atoms with E-state index in [2.05, 4.69) is 15.4 Å². The number of fused-ring (bicyclic) bond motifs is 1. The molecule has 1 N–H and O–H groups in total. The summed E-state index contributed by atoms with van der Waals surface area (Å²) >= 11 is 0. The standard InChI is InChI=1S/C20H22FN5O2/c1-12(2)26-19-14(10-22-26)9-17(13(3)23-19)20(28)25(4)11-18(27)24-16-7-5-15(21)6-8-16/h5-10,12H,11H2,1-4H3,(H,24,27). The van der Waals surface area contributed by atoms with Crippen LogP contribution in [0.1, 0.15) is 35.9 Å². The molecule has 8 heteroatoms. The van der Waals surface area contributed by atoms with E-state index in [-0.39, 0.29) is 30.2 Å². The minimum atomic E-state index is -0.385. The Bertz CT molecular complexity index is 1030. The molecule has 0 atom stereocenters. The van der Waals surface area contributed by atoms with Crippen molar-refractivity contribution in [3.63, 3.8) is 0 Å². The van der Waals surface area contributed by atoms with Gasteiger partial charge in [-0.25, -0.2) is 14.1 Å². The van der Waals surface area contributed by atoms with Gasteiger partial charge in [0.05, 0.1) is 24.0 Å². The van der Waals surface area contributed by atoms with Gasteiger partial charge in [0.25, 0.3) is 5.91 Å². The highest BCUT2D eigenvalue weighted by molar-refractivity contribution is 6.01. The monoisotopic (exact) mass is 383 g/mol. The number of aromatic nitrogens is 3. The molecule has 2 heterocycles. The number of nitrogens with zero attached hydrogens (tertiary/aromatic N) is 4. The van der Waals surface area contributed by atoms with Crippen molar-refractivity contribution >= 4 is 28.5 Å². The number of nitrogens with one attached hydrogen (secondary N) is 1. The zero-order valence-corrected chi connectivity index (χ0v) is 16.2. The van der Waals surface area contributed by atoms with Crippen molar-refractivity contribution in [2.75, 3.05) is 18.9 Å². The molecule has 2 aromatic heterocycles. The van der Waals surface area contributed by atoms with E-state index >= 15 is 0 Å². The van der Waals surface area contributed by atoms with E-state index in [0.29, 0.717) is 16.9 Å². The Labute approximate surface area is 162 Å². The third-order valence-corrected chi connectivity index (χ3v) is 4.33. The lowest BCUT2D eigenvalue weighted by atomic mass is 10.1. The normalized spacial score (nSPS) is 11.1. The molecule has 0 saturated heterocycles. The molecule has 7 nitrogen and oxygen atoms in total. The van der Waals surface area contributed by atoms with Crippen LogP contribution in [0, 0.1) is 12.7 Å². The Hall–Kier alpha value is -3.29. The van der Waals surface area contributed by atoms with E-state index in [1.54, 1.807) is 30.9 Å². The van der Waals surface area contributed by atoms with Crippen LogP contribution < -0.4 is 5.32 Å². The molecular formula is C20H22FN5O2. The largest absolute Gasteiger partial charge is 0.332 e. The fourth-order valence-corrected chi connectivity index (χ4v) is 2.89. The van der Waals surface area contributed by atoms with Crippen LogP contribution >= 0.6 is 0 Å². The number of carbonyl (C=O) groups excluding carboxylic acids is 2. The van der Waals surface area contributed by atoms with Gasteiger partial charge in [-0.15, -0.1) is 0 Å². The predicted molar refractivity (Wildman–Crippen MR) is 105 cm³/mol. The van der Waals surface area contributed by atoms with Gasteiger partial charge in [-0.3, -0.25) is 9.59 Å². The molecule has 0 saturated carbocycles. The Morgan fingerprint density at radius 3 is 2.57 bits per heavy atom. The zero-order chi connectivity index (χ0) is 20.4. The van der Waals surface area contributed by atoms with Gasteiger partial charge in [-0.1, -0.05) is 0 Å². The van der Waals surface area contributed by atoms with Crippen molar-refractivity contribution in [2.24, 2.45) is 0 Å². The van der Waals surface area contributed by atoms with E-state index in [4.69, 9.17) is 0 Å². The van der Waals surface area contributed by atoms with Crippen LogP contribution in [0.5, 0.6) is 0 Å². The number of hydrogen-bond acceptors (Lipinski definition) is 4. The van der Waals surface area contributed by atoms with Crippen molar-refractivity contribution in [2.45, 2.75) is 26.8 Å². The van der Waals surface area contributed by atoms with Crippen LogP contribution in [0.3, 0.4) is 0 Å². The van der Waals surface area contributed by atoms with Gasteiger partial charge in [-0.05, 0) is 51.1 Å². The molecule has 0 aliphatic carbocycles. The molecule has 0 unspecified atom stereocenters. The average molecular weight is 383 g/mol.